The molecule has 0 saturated carbocycles. The summed E-state index contributed by atoms with van der Waals surface area (Å²) in [5, 5.41) is 0.0413. The van der Waals surface area contributed by atoms with Crippen LogP contribution in [0.5, 0.6) is 12.0 Å². The van der Waals surface area contributed by atoms with E-state index < -0.39 is 0 Å². The van der Waals surface area contributed by atoms with Gasteiger partial charge < -0.3 is 15.2 Å². The SMILES string of the molecule is COc1nc(Cl)nc(OCCCN)n1. The van der Waals surface area contributed by atoms with Gasteiger partial charge in [-0.15, -0.1) is 4.98 Å². The molecule has 0 aliphatic rings. The Kier molecular flexibility index (Phi) is 4.34. The molecule has 6 nitrogen and oxygen atoms in total. The van der Waals surface area contributed by atoms with E-state index in [4.69, 9.17) is 26.8 Å². The van der Waals surface area contributed by atoms with Crippen molar-refractivity contribution in [3.63, 3.8) is 0 Å². The number of halogens is 1. The Morgan fingerprint density at radius 1 is 1.29 bits per heavy atom. The van der Waals surface area contributed by atoms with Crippen LogP contribution in [0.1, 0.15) is 6.42 Å². The van der Waals surface area contributed by atoms with Crippen LogP contribution in [0.3, 0.4) is 0 Å². The van der Waals surface area contributed by atoms with Crippen LogP contribution in [0, 0.1) is 0 Å². The van der Waals surface area contributed by atoms with Gasteiger partial charge in [0.2, 0.25) is 5.28 Å². The van der Waals surface area contributed by atoms with Crippen molar-refractivity contribution in [2.24, 2.45) is 5.73 Å². The van der Waals surface area contributed by atoms with Crippen molar-refractivity contribution in [3.05, 3.63) is 5.28 Å². The van der Waals surface area contributed by atoms with E-state index in [-0.39, 0.29) is 17.3 Å². The summed E-state index contributed by atoms with van der Waals surface area (Å²) in [5.41, 5.74) is 5.29. The summed E-state index contributed by atoms with van der Waals surface area (Å²) in [6.45, 7) is 0.996. The summed E-state index contributed by atoms with van der Waals surface area (Å²) in [7, 11) is 1.44. The fourth-order valence-electron chi connectivity index (χ4n) is 0.717. The maximum absolute atomic E-state index is 5.59. The lowest BCUT2D eigenvalue weighted by atomic mass is 10.5. The van der Waals surface area contributed by atoms with Crippen molar-refractivity contribution in [2.45, 2.75) is 6.42 Å². The predicted molar refractivity (Wildman–Crippen MR) is 50.6 cm³/mol. The second kappa shape index (κ2) is 5.56. The van der Waals surface area contributed by atoms with Gasteiger partial charge in [-0.05, 0) is 24.6 Å². The number of ether oxygens (including phenoxy) is 2. The molecule has 0 bridgehead atoms. The minimum atomic E-state index is 0.0413. The molecular formula is C7H11ClN4O2. The van der Waals surface area contributed by atoms with E-state index in [9.17, 15) is 0 Å². The third-order valence-electron chi connectivity index (χ3n) is 1.33. The average molecular weight is 219 g/mol. The molecule has 0 aromatic carbocycles. The number of hydrogen-bond donors (Lipinski definition) is 1. The number of hydrogen-bond acceptors (Lipinski definition) is 6. The van der Waals surface area contributed by atoms with Gasteiger partial charge in [-0.1, -0.05) is 0 Å². The van der Waals surface area contributed by atoms with E-state index in [1.165, 1.54) is 7.11 Å². The molecular weight excluding hydrogens is 208 g/mol. The molecule has 1 heterocycles. The van der Waals surface area contributed by atoms with Crippen molar-refractivity contribution < 1.29 is 9.47 Å². The van der Waals surface area contributed by atoms with Gasteiger partial charge in [-0.2, -0.15) is 9.97 Å². The molecule has 0 spiro atoms. The van der Waals surface area contributed by atoms with Crippen LogP contribution >= 0.6 is 11.6 Å². The third kappa shape index (κ3) is 3.31. The Balaban J connectivity index is 2.62. The highest BCUT2D eigenvalue weighted by molar-refractivity contribution is 6.28. The number of rotatable bonds is 5. The normalized spacial score (nSPS) is 9.93. The molecule has 0 unspecified atom stereocenters. The molecule has 0 atom stereocenters. The molecule has 0 saturated heterocycles. The fraction of sp³-hybridized carbons (Fsp3) is 0.571. The lowest BCUT2D eigenvalue weighted by molar-refractivity contribution is 0.278. The smallest absolute Gasteiger partial charge is 0.323 e. The summed E-state index contributed by atoms with van der Waals surface area (Å²) >= 11 is 5.59. The zero-order valence-electron chi connectivity index (χ0n) is 7.73. The van der Waals surface area contributed by atoms with Gasteiger partial charge in [-0.25, -0.2) is 0 Å². The molecule has 1 rings (SSSR count). The van der Waals surface area contributed by atoms with Gasteiger partial charge in [-0.3, -0.25) is 0 Å². The van der Waals surface area contributed by atoms with Crippen LogP contribution in [0.2, 0.25) is 5.28 Å². The summed E-state index contributed by atoms with van der Waals surface area (Å²) in [5.74, 6) is 0. The van der Waals surface area contributed by atoms with Gasteiger partial charge in [0.05, 0.1) is 13.7 Å². The zero-order valence-corrected chi connectivity index (χ0v) is 8.49. The van der Waals surface area contributed by atoms with Crippen LogP contribution in [0.25, 0.3) is 0 Å². The Morgan fingerprint density at radius 3 is 2.64 bits per heavy atom. The van der Waals surface area contributed by atoms with Crippen LogP contribution < -0.4 is 15.2 Å². The Labute approximate surface area is 86.4 Å². The first-order chi connectivity index (χ1) is 6.76. The van der Waals surface area contributed by atoms with Crippen LogP contribution in [-0.2, 0) is 0 Å². The monoisotopic (exact) mass is 218 g/mol. The Bertz CT molecular complexity index is 297. The molecule has 0 aliphatic heterocycles. The first-order valence-electron chi connectivity index (χ1n) is 4.04. The van der Waals surface area contributed by atoms with Crippen LogP contribution in [-0.4, -0.2) is 35.2 Å². The molecule has 78 valence electrons. The highest BCUT2D eigenvalue weighted by Crippen LogP contribution is 2.12. The minimum absolute atomic E-state index is 0.0413. The van der Waals surface area contributed by atoms with E-state index in [1.807, 2.05) is 0 Å². The van der Waals surface area contributed by atoms with E-state index in [1.54, 1.807) is 0 Å². The molecule has 0 amide bonds. The maximum atomic E-state index is 5.59. The number of aromatic nitrogens is 3. The second-order valence-electron chi connectivity index (χ2n) is 2.36. The lowest BCUT2D eigenvalue weighted by Crippen LogP contribution is -2.08. The largest absolute Gasteiger partial charge is 0.467 e. The molecule has 0 aliphatic carbocycles. The van der Waals surface area contributed by atoms with Crippen molar-refractivity contribution in [2.75, 3.05) is 20.3 Å². The topological polar surface area (TPSA) is 83.2 Å². The van der Waals surface area contributed by atoms with Crippen molar-refractivity contribution >= 4 is 11.6 Å². The standard InChI is InChI=1S/C7H11ClN4O2/c1-13-6-10-5(8)11-7(12-6)14-4-2-3-9/h2-4,9H2,1H3. The molecule has 2 N–H and O–H groups in total. The van der Waals surface area contributed by atoms with Crippen molar-refractivity contribution in [3.8, 4) is 12.0 Å². The first kappa shape index (κ1) is 10.9. The van der Waals surface area contributed by atoms with E-state index in [0.29, 0.717) is 13.2 Å². The summed E-state index contributed by atoms with van der Waals surface area (Å²) in [6.07, 6.45) is 0.728. The molecule has 1 aromatic rings. The molecule has 14 heavy (non-hydrogen) atoms. The van der Waals surface area contributed by atoms with E-state index in [2.05, 4.69) is 15.0 Å². The van der Waals surface area contributed by atoms with Crippen molar-refractivity contribution in [1.29, 1.82) is 0 Å². The van der Waals surface area contributed by atoms with E-state index in [0.717, 1.165) is 6.42 Å². The average Bonchev–Trinajstić information content (AvgIpc) is 2.17. The fourth-order valence-corrected chi connectivity index (χ4v) is 0.862. The molecule has 0 radical (unpaired) electrons. The highest BCUT2D eigenvalue weighted by Gasteiger charge is 2.05. The van der Waals surface area contributed by atoms with Crippen LogP contribution in [0.4, 0.5) is 0 Å². The second-order valence-corrected chi connectivity index (χ2v) is 2.70. The highest BCUT2D eigenvalue weighted by atomic mass is 35.5. The maximum Gasteiger partial charge on any atom is 0.323 e. The minimum Gasteiger partial charge on any atom is -0.467 e. The quantitative estimate of drug-likeness (QED) is 0.714. The Hall–Kier alpha value is -1.14. The summed E-state index contributed by atoms with van der Waals surface area (Å²) in [6, 6.07) is 0.281. The van der Waals surface area contributed by atoms with Gasteiger partial charge in [0.25, 0.3) is 0 Å². The summed E-state index contributed by atoms with van der Waals surface area (Å²) in [4.78, 5) is 11.3. The number of nitrogens with two attached hydrogens (primary N) is 1. The molecule has 0 fully saturated rings. The lowest BCUT2D eigenvalue weighted by Gasteiger charge is -2.04. The first-order valence-corrected chi connectivity index (χ1v) is 4.42. The van der Waals surface area contributed by atoms with Gasteiger partial charge >= 0.3 is 12.0 Å². The van der Waals surface area contributed by atoms with Gasteiger partial charge in [0.1, 0.15) is 0 Å². The van der Waals surface area contributed by atoms with Gasteiger partial charge in [0.15, 0.2) is 0 Å². The summed E-state index contributed by atoms with van der Waals surface area (Å²) < 4.78 is 9.95. The van der Waals surface area contributed by atoms with Crippen LogP contribution in [0.15, 0.2) is 0 Å². The predicted octanol–water partition coefficient (Wildman–Crippen LogP) is 0.261. The number of nitrogens with zero attached hydrogens (tertiary/aromatic N) is 3. The molecule has 1 aromatic heterocycles. The Morgan fingerprint density at radius 2 is 2.00 bits per heavy atom. The number of methoxy groups -OCH3 is 1. The zero-order chi connectivity index (χ0) is 10.4. The third-order valence-corrected chi connectivity index (χ3v) is 1.50. The molecule has 7 heteroatoms. The van der Waals surface area contributed by atoms with Gasteiger partial charge in [0, 0.05) is 0 Å². The van der Waals surface area contributed by atoms with Crippen molar-refractivity contribution in [1.82, 2.24) is 15.0 Å². The van der Waals surface area contributed by atoms with E-state index >= 15 is 0 Å².